The maximum Gasteiger partial charge on any atom is 0.337 e. The highest BCUT2D eigenvalue weighted by Crippen LogP contribution is 2.38. The van der Waals surface area contributed by atoms with Crippen molar-refractivity contribution in [1.29, 1.82) is 0 Å². The SMILES string of the molecule is COC(=O)c1cccc(-c2nc([C@H]3CCCCN3OC(=O)C(C)(C)C)sc2C)c1. The maximum atomic E-state index is 12.4. The van der Waals surface area contributed by atoms with Gasteiger partial charge >= 0.3 is 11.9 Å². The minimum atomic E-state index is -0.555. The molecule has 1 aromatic carbocycles. The molecule has 1 fully saturated rings. The molecule has 0 radical (unpaired) electrons. The number of benzene rings is 1. The smallest absolute Gasteiger partial charge is 0.337 e. The van der Waals surface area contributed by atoms with Crippen LogP contribution in [-0.4, -0.2) is 35.6 Å². The van der Waals surface area contributed by atoms with Gasteiger partial charge in [-0.2, -0.15) is 0 Å². The summed E-state index contributed by atoms with van der Waals surface area (Å²) in [5, 5.41) is 2.73. The molecule has 0 saturated carbocycles. The van der Waals surface area contributed by atoms with Gasteiger partial charge < -0.3 is 9.57 Å². The number of aryl methyl sites for hydroxylation is 1. The highest BCUT2D eigenvalue weighted by molar-refractivity contribution is 7.12. The van der Waals surface area contributed by atoms with Crippen molar-refractivity contribution in [3.8, 4) is 11.3 Å². The van der Waals surface area contributed by atoms with Crippen LogP contribution in [0.15, 0.2) is 24.3 Å². The number of hydrogen-bond donors (Lipinski definition) is 0. The lowest BCUT2D eigenvalue weighted by atomic mass is 9.97. The van der Waals surface area contributed by atoms with Crippen molar-refractivity contribution in [2.45, 2.75) is 53.0 Å². The first-order valence-corrected chi connectivity index (χ1v) is 10.7. The Morgan fingerprint density at radius 3 is 2.69 bits per heavy atom. The number of methoxy groups -OCH3 is 1. The number of hydrogen-bond acceptors (Lipinski definition) is 7. The molecule has 2 heterocycles. The number of esters is 1. The first-order valence-electron chi connectivity index (χ1n) is 9.86. The molecule has 1 aromatic heterocycles. The molecular formula is C22H28N2O4S. The zero-order valence-electron chi connectivity index (χ0n) is 17.7. The van der Waals surface area contributed by atoms with Gasteiger partial charge in [0.2, 0.25) is 0 Å². The Balaban J connectivity index is 1.88. The Kier molecular flexibility index (Phi) is 6.39. The molecule has 0 aliphatic carbocycles. The molecule has 0 spiro atoms. The quantitative estimate of drug-likeness (QED) is 0.658. The predicted octanol–water partition coefficient (Wildman–Crippen LogP) is 4.94. The first-order chi connectivity index (χ1) is 13.7. The molecule has 156 valence electrons. The van der Waals surface area contributed by atoms with Gasteiger partial charge in [-0.3, -0.25) is 0 Å². The second-order valence-electron chi connectivity index (χ2n) is 8.31. The Hall–Kier alpha value is -2.25. The van der Waals surface area contributed by atoms with E-state index in [1.807, 2.05) is 39.8 Å². The average Bonchev–Trinajstić information content (AvgIpc) is 3.08. The van der Waals surface area contributed by atoms with Gasteiger partial charge in [0.15, 0.2) is 0 Å². The fraction of sp³-hybridized carbons (Fsp3) is 0.500. The Morgan fingerprint density at radius 2 is 2.00 bits per heavy atom. The lowest BCUT2D eigenvalue weighted by Crippen LogP contribution is -2.38. The van der Waals surface area contributed by atoms with Crippen molar-refractivity contribution >= 4 is 23.3 Å². The van der Waals surface area contributed by atoms with Crippen molar-refractivity contribution < 1.29 is 19.2 Å². The lowest BCUT2D eigenvalue weighted by molar-refractivity contribution is -0.218. The van der Waals surface area contributed by atoms with Gasteiger partial charge in [-0.05, 0) is 59.1 Å². The van der Waals surface area contributed by atoms with Crippen LogP contribution in [-0.2, 0) is 14.4 Å². The zero-order chi connectivity index (χ0) is 21.2. The van der Waals surface area contributed by atoms with Crippen LogP contribution < -0.4 is 0 Å². The fourth-order valence-electron chi connectivity index (χ4n) is 3.24. The molecule has 7 heteroatoms. The first kappa shape index (κ1) is 21.5. The van der Waals surface area contributed by atoms with E-state index in [4.69, 9.17) is 14.6 Å². The maximum absolute atomic E-state index is 12.4. The van der Waals surface area contributed by atoms with Crippen LogP contribution in [0.2, 0.25) is 0 Å². The molecule has 0 unspecified atom stereocenters. The van der Waals surface area contributed by atoms with Gasteiger partial charge in [0.05, 0.1) is 29.8 Å². The molecule has 1 aliphatic rings. The van der Waals surface area contributed by atoms with Crippen LogP contribution >= 0.6 is 11.3 Å². The summed E-state index contributed by atoms with van der Waals surface area (Å²) >= 11 is 1.61. The second kappa shape index (κ2) is 8.63. The van der Waals surface area contributed by atoms with Crippen molar-refractivity contribution in [3.63, 3.8) is 0 Å². The largest absolute Gasteiger partial charge is 0.465 e. The summed E-state index contributed by atoms with van der Waals surface area (Å²) in [5.74, 6) is -0.601. The molecule has 0 N–H and O–H groups in total. The second-order valence-corrected chi connectivity index (χ2v) is 9.55. The standard InChI is InChI=1S/C22H28N2O4S/c1-14-18(15-9-8-10-16(13-15)20(25)27-5)23-19(29-14)17-11-6-7-12-24(17)28-21(26)22(2,3)4/h8-10,13,17H,6-7,11-12H2,1-5H3/t17-/m1/s1. The van der Waals surface area contributed by atoms with Crippen LogP contribution in [0.3, 0.4) is 0 Å². The zero-order valence-corrected chi connectivity index (χ0v) is 18.5. The summed E-state index contributed by atoms with van der Waals surface area (Å²) in [6, 6.07) is 7.26. The van der Waals surface area contributed by atoms with E-state index in [1.165, 1.54) is 7.11 Å². The number of aromatic nitrogens is 1. The van der Waals surface area contributed by atoms with Crippen LogP contribution in [0.25, 0.3) is 11.3 Å². The van der Waals surface area contributed by atoms with E-state index < -0.39 is 5.41 Å². The molecule has 3 rings (SSSR count). The van der Waals surface area contributed by atoms with E-state index in [0.717, 1.165) is 40.4 Å². The summed E-state index contributed by atoms with van der Waals surface area (Å²) in [4.78, 5) is 36.0. The minimum Gasteiger partial charge on any atom is -0.465 e. The van der Waals surface area contributed by atoms with E-state index in [9.17, 15) is 9.59 Å². The van der Waals surface area contributed by atoms with Crippen molar-refractivity contribution in [2.24, 2.45) is 5.41 Å². The third-order valence-corrected chi connectivity index (χ3v) is 5.99. The highest BCUT2D eigenvalue weighted by Gasteiger charge is 2.33. The number of carbonyl (C=O) groups excluding carboxylic acids is 2. The fourth-order valence-corrected chi connectivity index (χ4v) is 4.33. The molecule has 29 heavy (non-hydrogen) atoms. The summed E-state index contributed by atoms with van der Waals surface area (Å²) in [6.45, 7) is 8.30. The number of nitrogens with zero attached hydrogens (tertiary/aromatic N) is 2. The summed E-state index contributed by atoms with van der Waals surface area (Å²) in [6.07, 6.45) is 2.96. The summed E-state index contributed by atoms with van der Waals surface area (Å²) < 4.78 is 4.82. The van der Waals surface area contributed by atoms with Gasteiger partial charge in [0.1, 0.15) is 5.01 Å². The number of rotatable bonds is 4. The van der Waals surface area contributed by atoms with Crippen LogP contribution in [0.1, 0.15) is 66.3 Å². The number of carbonyl (C=O) groups is 2. The molecule has 0 bridgehead atoms. The summed E-state index contributed by atoms with van der Waals surface area (Å²) in [7, 11) is 1.37. The van der Waals surface area contributed by atoms with Crippen molar-refractivity contribution in [3.05, 3.63) is 39.7 Å². The monoisotopic (exact) mass is 416 g/mol. The minimum absolute atomic E-state index is 0.0451. The molecule has 1 aliphatic heterocycles. The van der Waals surface area contributed by atoms with Crippen LogP contribution in [0.4, 0.5) is 0 Å². The third kappa shape index (κ3) is 4.85. The van der Waals surface area contributed by atoms with Gasteiger partial charge in [-0.1, -0.05) is 12.1 Å². The van der Waals surface area contributed by atoms with E-state index in [-0.39, 0.29) is 18.0 Å². The molecule has 1 saturated heterocycles. The average molecular weight is 417 g/mol. The molecule has 2 aromatic rings. The highest BCUT2D eigenvalue weighted by atomic mass is 32.1. The van der Waals surface area contributed by atoms with E-state index in [1.54, 1.807) is 28.5 Å². The number of ether oxygens (including phenoxy) is 1. The Morgan fingerprint density at radius 1 is 1.24 bits per heavy atom. The van der Waals surface area contributed by atoms with Gasteiger partial charge in [0, 0.05) is 17.0 Å². The van der Waals surface area contributed by atoms with Gasteiger partial charge in [-0.15, -0.1) is 16.4 Å². The molecule has 1 atom stereocenters. The number of hydroxylamine groups is 2. The van der Waals surface area contributed by atoms with E-state index in [0.29, 0.717) is 12.1 Å². The topological polar surface area (TPSA) is 68.7 Å². The van der Waals surface area contributed by atoms with Gasteiger partial charge in [-0.25, -0.2) is 14.6 Å². The predicted molar refractivity (Wildman–Crippen MR) is 112 cm³/mol. The van der Waals surface area contributed by atoms with Crippen molar-refractivity contribution in [1.82, 2.24) is 10.0 Å². The van der Waals surface area contributed by atoms with Gasteiger partial charge in [0.25, 0.3) is 0 Å². The normalized spacial score (nSPS) is 17.8. The summed E-state index contributed by atoms with van der Waals surface area (Å²) in [5.41, 5.74) is 1.67. The van der Waals surface area contributed by atoms with Crippen LogP contribution in [0, 0.1) is 12.3 Å². The molecule has 0 amide bonds. The molecule has 6 nitrogen and oxygen atoms in total. The van der Waals surface area contributed by atoms with E-state index in [2.05, 4.69) is 0 Å². The number of thiazole rings is 1. The third-order valence-electron chi connectivity index (χ3n) is 4.92. The van der Waals surface area contributed by atoms with Crippen LogP contribution in [0.5, 0.6) is 0 Å². The Labute approximate surface area is 175 Å². The number of piperidine rings is 1. The van der Waals surface area contributed by atoms with Crippen molar-refractivity contribution in [2.75, 3.05) is 13.7 Å². The molecular weight excluding hydrogens is 388 g/mol. The Bertz CT molecular complexity index is 900. The lowest BCUT2D eigenvalue weighted by Gasteiger charge is -2.34. The van der Waals surface area contributed by atoms with E-state index >= 15 is 0 Å².